The fourth-order valence-corrected chi connectivity index (χ4v) is 2.51. The molecule has 1 heterocycles. The highest BCUT2D eigenvalue weighted by molar-refractivity contribution is 6.31. The molecule has 100 valence electrons. The van der Waals surface area contributed by atoms with Crippen molar-refractivity contribution >= 4 is 28.5 Å². The number of fused-ring (bicyclic) bond motifs is 1. The van der Waals surface area contributed by atoms with Crippen LogP contribution in [0, 0.1) is 6.92 Å². The van der Waals surface area contributed by atoms with Crippen LogP contribution in [0.4, 0.5) is 0 Å². The lowest BCUT2D eigenvalue weighted by Gasteiger charge is -2.05. The van der Waals surface area contributed by atoms with Gasteiger partial charge in [0.15, 0.2) is 0 Å². The molecular weight excluding hydrogens is 276 g/mol. The number of aromatic carboxylic acids is 1. The molecule has 0 aliphatic rings. The minimum atomic E-state index is -1.09. The van der Waals surface area contributed by atoms with Crippen molar-refractivity contribution in [1.82, 2.24) is 0 Å². The summed E-state index contributed by atoms with van der Waals surface area (Å²) in [5.74, 6) is -1.15. The van der Waals surface area contributed by atoms with Gasteiger partial charge in [-0.15, -0.1) is 0 Å². The van der Waals surface area contributed by atoms with Gasteiger partial charge < -0.3 is 9.52 Å². The molecule has 0 unspecified atom stereocenters. The van der Waals surface area contributed by atoms with Gasteiger partial charge in [0.05, 0.1) is 0 Å². The van der Waals surface area contributed by atoms with Crippen LogP contribution in [0.5, 0.6) is 0 Å². The molecule has 1 N–H and O–H groups in total. The summed E-state index contributed by atoms with van der Waals surface area (Å²) in [4.78, 5) is 11.4. The van der Waals surface area contributed by atoms with E-state index in [4.69, 9.17) is 16.0 Å². The van der Waals surface area contributed by atoms with E-state index >= 15 is 0 Å². The zero-order valence-electron chi connectivity index (χ0n) is 10.7. The number of benzene rings is 2. The normalized spacial score (nSPS) is 10.9. The van der Waals surface area contributed by atoms with Crippen LogP contribution in [-0.2, 0) is 0 Å². The maximum absolute atomic E-state index is 11.4. The van der Waals surface area contributed by atoms with Crippen LogP contribution >= 0.6 is 11.6 Å². The van der Waals surface area contributed by atoms with Gasteiger partial charge in [0.2, 0.25) is 5.76 Å². The van der Waals surface area contributed by atoms with Gasteiger partial charge in [-0.25, -0.2) is 4.79 Å². The lowest BCUT2D eigenvalue weighted by molar-refractivity contribution is 0.0666. The van der Waals surface area contributed by atoms with Gasteiger partial charge in [-0.1, -0.05) is 35.9 Å². The van der Waals surface area contributed by atoms with E-state index in [0.717, 1.165) is 11.1 Å². The van der Waals surface area contributed by atoms with Crippen LogP contribution in [0.1, 0.15) is 16.1 Å². The molecule has 4 heteroatoms. The van der Waals surface area contributed by atoms with Crippen molar-refractivity contribution in [2.75, 3.05) is 0 Å². The highest BCUT2D eigenvalue weighted by Crippen LogP contribution is 2.37. The van der Waals surface area contributed by atoms with Crippen LogP contribution in [-0.4, -0.2) is 11.1 Å². The molecular formula is C16H11ClO3. The molecule has 0 aliphatic carbocycles. The second kappa shape index (κ2) is 4.69. The lowest BCUT2D eigenvalue weighted by Crippen LogP contribution is -1.96. The van der Waals surface area contributed by atoms with E-state index in [1.807, 2.05) is 31.2 Å². The SMILES string of the molecule is Cc1ccccc1-c1c(C(=O)O)oc2ccc(Cl)cc12. The Kier molecular flexibility index (Phi) is 2.99. The van der Waals surface area contributed by atoms with Crippen molar-refractivity contribution in [2.45, 2.75) is 6.92 Å². The van der Waals surface area contributed by atoms with Crippen LogP contribution in [0.3, 0.4) is 0 Å². The first-order valence-electron chi connectivity index (χ1n) is 6.09. The number of hydrogen-bond acceptors (Lipinski definition) is 2. The summed E-state index contributed by atoms with van der Waals surface area (Å²) in [5.41, 5.74) is 2.92. The van der Waals surface area contributed by atoms with Crippen molar-refractivity contribution in [3.05, 3.63) is 58.8 Å². The number of furan rings is 1. The third-order valence-corrected chi connectivity index (χ3v) is 3.49. The molecule has 0 aliphatic heterocycles. The first kappa shape index (κ1) is 12.8. The topological polar surface area (TPSA) is 50.4 Å². The molecule has 0 saturated heterocycles. The highest BCUT2D eigenvalue weighted by atomic mass is 35.5. The first-order valence-corrected chi connectivity index (χ1v) is 6.47. The molecule has 0 spiro atoms. The quantitative estimate of drug-likeness (QED) is 0.739. The molecule has 3 rings (SSSR count). The van der Waals surface area contributed by atoms with Crippen molar-refractivity contribution in [3.8, 4) is 11.1 Å². The molecule has 0 atom stereocenters. The Morgan fingerprint density at radius 3 is 2.65 bits per heavy atom. The van der Waals surface area contributed by atoms with Gasteiger partial charge >= 0.3 is 5.97 Å². The zero-order chi connectivity index (χ0) is 14.3. The van der Waals surface area contributed by atoms with Crippen LogP contribution in [0.25, 0.3) is 22.1 Å². The molecule has 0 radical (unpaired) electrons. The summed E-state index contributed by atoms with van der Waals surface area (Å²) >= 11 is 6.02. The number of carbonyl (C=O) groups is 1. The van der Waals surface area contributed by atoms with Gasteiger partial charge in [0.25, 0.3) is 0 Å². The minimum Gasteiger partial charge on any atom is -0.475 e. The van der Waals surface area contributed by atoms with Crippen molar-refractivity contribution in [2.24, 2.45) is 0 Å². The van der Waals surface area contributed by atoms with E-state index in [1.165, 1.54) is 0 Å². The van der Waals surface area contributed by atoms with Crippen molar-refractivity contribution in [3.63, 3.8) is 0 Å². The van der Waals surface area contributed by atoms with Crippen LogP contribution < -0.4 is 0 Å². The number of rotatable bonds is 2. The fraction of sp³-hybridized carbons (Fsp3) is 0.0625. The van der Waals surface area contributed by atoms with Crippen LogP contribution in [0.2, 0.25) is 5.02 Å². The predicted octanol–water partition coefficient (Wildman–Crippen LogP) is 4.76. The Bertz CT molecular complexity index is 818. The Morgan fingerprint density at radius 2 is 1.95 bits per heavy atom. The van der Waals surface area contributed by atoms with Gasteiger partial charge in [0.1, 0.15) is 5.58 Å². The Morgan fingerprint density at radius 1 is 1.20 bits per heavy atom. The third kappa shape index (κ3) is 1.96. The Labute approximate surface area is 120 Å². The fourth-order valence-electron chi connectivity index (χ4n) is 2.34. The summed E-state index contributed by atoms with van der Waals surface area (Å²) in [6.45, 7) is 1.93. The number of carboxylic acids is 1. The minimum absolute atomic E-state index is 0.0587. The molecule has 2 aromatic carbocycles. The molecule has 0 amide bonds. The second-order valence-electron chi connectivity index (χ2n) is 4.57. The molecule has 1 aromatic heterocycles. The number of carboxylic acid groups (broad SMARTS) is 1. The Hall–Kier alpha value is -2.26. The summed E-state index contributed by atoms with van der Waals surface area (Å²) in [6, 6.07) is 12.7. The molecule has 20 heavy (non-hydrogen) atoms. The molecule has 3 nitrogen and oxygen atoms in total. The summed E-state index contributed by atoms with van der Waals surface area (Å²) in [7, 11) is 0. The second-order valence-corrected chi connectivity index (χ2v) is 5.00. The monoisotopic (exact) mass is 286 g/mol. The van der Waals surface area contributed by atoms with E-state index in [0.29, 0.717) is 21.6 Å². The predicted molar refractivity (Wildman–Crippen MR) is 78.4 cm³/mol. The maximum Gasteiger partial charge on any atom is 0.372 e. The standard InChI is InChI=1S/C16H11ClO3/c1-9-4-2-3-5-11(9)14-12-8-10(17)6-7-13(12)20-15(14)16(18)19/h2-8H,1H3,(H,18,19). The van der Waals surface area contributed by atoms with E-state index in [9.17, 15) is 9.90 Å². The first-order chi connectivity index (χ1) is 9.58. The van der Waals surface area contributed by atoms with E-state index < -0.39 is 5.97 Å². The van der Waals surface area contributed by atoms with Gasteiger partial charge in [0, 0.05) is 16.0 Å². The van der Waals surface area contributed by atoms with Gasteiger partial charge in [-0.3, -0.25) is 0 Å². The van der Waals surface area contributed by atoms with Crippen molar-refractivity contribution in [1.29, 1.82) is 0 Å². The van der Waals surface area contributed by atoms with E-state index in [-0.39, 0.29) is 5.76 Å². The van der Waals surface area contributed by atoms with Crippen LogP contribution in [0.15, 0.2) is 46.9 Å². The smallest absolute Gasteiger partial charge is 0.372 e. The van der Waals surface area contributed by atoms with E-state index in [1.54, 1.807) is 18.2 Å². The highest BCUT2D eigenvalue weighted by Gasteiger charge is 2.22. The van der Waals surface area contributed by atoms with Gasteiger partial charge in [-0.05, 0) is 36.2 Å². The maximum atomic E-state index is 11.4. The zero-order valence-corrected chi connectivity index (χ0v) is 11.4. The lowest BCUT2D eigenvalue weighted by atomic mass is 9.98. The Balaban J connectivity index is 2.43. The number of halogens is 1. The number of aryl methyl sites for hydroxylation is 1. The van der Waals surface area contributed by atoms with Gasteiger partial charge in [-0.2, -0.15) is 0 Å². The molecule has 3 aromatic rings. The summed E-state index contributed by atoms with van der Waals surface area (Å²) in [5, 5.41) is 10.6. The average Bonchev–Trinajstić information content (AvgIpc) is 2.78. The summed E-state index contributed by atoms with van der Waals surface area (Å²) < 4.78 is 5.47. The largest absolute Gasteiger partial charge is 0.475 e. The molecule has 0 bridgehead atoms. The molecule has 0 saturated carbocycles. The number of hydrogen-bond donors (Lipinski definition) is 1. The molecule has 0 fully saturated rings. The summed E-state index contributed by atoms with van der Waals surface area (Å²) in [6.07, 6.45) is 0. The third-order valence-electron chi connectivity index (χ3n) is 3.26. The average molecular weight is 287 g/mol. The van der Waals surface area contributed by atoms with Crippen molar-refractivity contribution < 1.29 is 14.3 Å². The van der Waals surface area contributed by atoms with E-state index in [2.05, 4.69) is 0 Å².